The van der Waals surface area contributed by atoms with Crippen molar-refractivity contribution in [2.24, 2.45) is 0 Å². The molecule has 4 nitrogen and oxygen atoms in total. The summed E-state index contributed by atoms with van der Waals surface area (Å²) < 4.78 is 4.42. The molecule has 1 N–H and O–H groups in total. The average Bonchev–Trinajstić information content (AvgIpc) is 2.19. The number of nitrogens with zero attached hydrogens (tertiary/aromatic N) is 1. The predicted molar refractivity (Wildman–Crippen MR) is 45.8 cm³/mol. The fourth-order valence-corrected chi connectivity index (χ4v) is 0.919. The minimum absolute atomic E-state index is 0.0620. The van der Waals surface area contributed by atoms with E-state index in [9.17, 15) is 9.90 Å². The quantitative estimate of drug-likeness (QED) is 0.696. The maximum atomic E-state index is 10.8. The van der Waals surface area contributed by atoms with Crippen LogP contribution in [-0.4, -0.2) is 23.2 Å². The van der Waals surface area contributed by atoms with Gasteiger partial charge in [0.1, 0.15) is 6.10 Å². The van der Waals surface area contributed by atoms with Crippen LogP contribution in [0, 0.1) is 0 Å². The Kier molecular flexibility index (Phi) is 3.40. The van der Waals surface area contributed by atoms with E-state index >= 15 is 0 Å². The summed E-state index contributed by atoms with van der Waals surface area (Å²) >= 11 is 0. The molecule has 0 spiro atoms. The minimum Gasteiger partial charge on any atom is -0.469 e. The second-order valence-corrected chi connectivity index (χ2v) is 2.55. The van der Waals surface area contributed by atoms with Crippen molar-refractivity contribution in [1.82, 2.24) is 4.98 Å². The van der Waals surface area contributed by atoms with E-state index in [2.05, 4.69) is 9.72 Å². The Labute approximate surface area is 76.2 Å². The lowest BCUT2D eigenvalue weighted by molar-refractivity contribution is -0.142. The van der Waals surface area contributed by atoms with Gasteiger partial charge in [-0.25, -0.2) is 0 Å². The number of pyridine rings is 1. The minimum atomic E-state index is -0.881. The van der Waals surface area contributed by atoms with Crippen LogP contribution in [0.3, 0.4) is 0 Å². The van der Waals surface area contributed by atoms with Gasteiger partial charge in [-0.1, -0.05) is 6.07 Å². The van der Waals surface area contributed by atoms with Gasteiger partial charge in [0.15, 0.2) is 0 Å². The van der Waals surface area contributed by atoms with Crippen LogP contribution in [0.4, 0.5) is 0 Å². The highest BCUT2D eigenvalue weighted by Gasteiger charge is 2.13. The molecule has 0 radical (unpaired) electrons. The monoisotopic (exact) mass is 181 g/mol. The molecule has 0 aliphatic heterocycles. The molecule has 0 saturated carbocycles. The summed E-state index contributed by atoms with van der Waals surface area (Å²) in [6.07, 6.45) is 0.622. The van der Waals surface area contributed by atoms with E-state index in [-0.39, 0.29) is 6.42 Å². The van der Waals surface area contributed by atoms with Crippen molar-refractivity contribution in [3.63, 3.8) is 0 Å². The number of aromatic nitrogens is 1. The lowest BCUT2D eigenvalue weighted by Gasteiger charge is -2.07. The van der Waals surface area contributed by atoms with E-state index < -0.39 is 12.1 Å². The second-order valence-electron chi connectivity index (χ2n) is 2.55. The lowest BCUT2D eigenvalue weighted by Crippen LogP contribution is -2.08. The number of esters is 1. The molecule has 1 aromatic heterocycles. The third kappa shape index (κ3) is 2.83. The first-order chi connectivity index (χ1) is 6.24. The number of ether oxygens (including phenoxy) is 1. The van der Waals surface area contributed by atoms with E-state index in [1.54, 1.807) is 24.4 Å². The first kappa shape index (κ1) is 9.67. The van der Waals surface area contributed by atoms with Crippen molar-refractivity contribution in [2.75, 3.05) is 7.11 Å². The molecule has 0 fully saturated rings. The van der Waals surface area contributed by atoms with Crippen molar-refractivity contribution < 1.29 is 14.6 Å². The van der Waals surface area contributed by atoms with Gasteiger partial charge in [0, 0.05) is 6.20 Å². The highest BCUT2D eigenvalue weighted by molar-refractivity contribution is 5.69. The van der Waals surface area contributed by atoms with Crippen molar-refractivity contribution in [1.29, 1.82) is 0 Å². The number of carbonyl (C=O) groups excluding carboxylic acids is 1. The van der Waals surface area contributed by atoms with Gasteiger partial charge in [-0.05, 0) is 12.1 Å². The van der Waals surface area contributed by atoms with E-state index in [0.29, 0.717) is 5.69 Å². The number of aliphatic hydroxyl groups is 1. The van der Waals surface area contributed by atoms with Crippen LogP contribution in [0.15, 0.2) is 24.4 Å². The fraction of sp³-hybridized carbons (Fsp3) is 0.333. The van der Waals surface area contributed by atoms with Crippen molar-refractivity contribution in [3.05, 3.63) is 30.1 Å². The van der Waals surface area contributed by atoms with Gasteiger partial charge < -0.3 is 9.84 Å². The van der Waals surface area contributed by atoms with Crippen LogP contribution in [0.1, 0.15) is 18.2 Å². The van der Waals surface area contributed by atoms with Crippen LogP contribution in [0.5, 0.6) is 0 Å². The van der Waals surface area contributed by atoms with Gasteiger partial charge in [-0.2, -0.15) is 0 Å². The van der Waals surface area contributed by atoms with Crippen LogP contribution in [0.25, 0.3) is 0 Å². The molecule has 0 bridgehead atoms. The summed E-state index contributed by atoms with van der Waals surface area (Å²) in [5.41, 5.74) is 0.480. The molecule has 70 valence electrons. The molecule has 1 atom stereocenters. The van der Waals surface area contributed by atoms with Crippen LogP contribution < -0.4 is 0 Å². The van der Waals surface area contributed by atoms with Crippen LogP contribution >= 0.6 is 0 Å². The predicted octanol–water partition coefficient (Wildman–Crippen LogP) is 0.678. The summed E-state index contributed by atoms with van der Waals surface area (Å²) in [7, 11) is 1.29. The fourth-order valence-electron chi connectivity index (χ4n) is 0.919. The Balaban J connectivity index is 2.59. The summed E-state index contributed by atoms with van der Waals surface area (Å²) in [5, 5.41) is 9.46. The molecule has 13 heavy (non-hydrogen) atoms. The molecule has 0 aliphatic carbocycles. The number of rotatable bonds is 3. The molecule has 1 rings (SSSR count). The van der Waals surface area contributed by atoms with E-state index in [0.717, 1.165) is 0 Å². The van der Waals surface area contributed by atoms with Gasteiger partial charge >= 0.3 is 5.97 Å². The largest absolute Gasteiger partial charge is 0.469 e. The maximum Gasteiger partial charge on any atom is 0.308 e. The smallest absolute Gasteiger partial charge is 0.308 e. The van der Waals surface area contributed by atoms with Crippen molar-refractivity contribution in [2.45, 2.75) is 12.5 Å². The molecule has 0 aliphatic rings. The molecule has 1 aromatic rings. The summed E-state index contributed by atoms with van der Waals surface area (Å²) in [6.45, 7) is 0. The normalized spacial score (nSPS) is 12.2. The first-order valence-electron chi connectivity index (χ1n) is 3.90. The molecule has 1 heterocycles. The van der Waals surface area contributed by atoms with E-state index in [4.69, 9.17) is 0 Å². The van der Waals surface area contributed by atoms with Crippen LogP contribution in [0.2, 0.25) is 0 Å². The number of hydrogen-bond donors (Lipinski definition) is 1. The first-order valence-corrected chi connectivity index (χ1v) is 3.90. The number of carbonyl (C=O) groups is 1. The average molecular weight is 181 g/mol. The van der Waals surface area contributed by atoms with Gasteiger partial charge in [0.05, 0.1) is 19.2 Å². The third-order valence-electron chi connectivity index (χ3n) is 1.62. The molecule has 0 saturated heterocycles. The SMILES string of the molecule is COC(=O)C[C@@H](O)c1ccccn1. The molecular formula is C9H11NO3. The topological polar surface area (TPSA) is 59.4 Å². The maximum absolute atomic E-state index is 10.8. The Hall–Kier alpha value is -1.42. The summed E-state index contributed by atoms with van der Waals surface area (Å²) in [5.74, 6) is -0.446. The number of methoxy groups -OCH3 is 1. The Morgan fingerprint density at radius 2 is 2.46 bits per heavy atom. The molecule has 0 unspecified atom stereocenters. The Morgan fingerprint density at radius 1 is 1.69 bits per heavy atom. The highest BCUT2D eigenvalue weighted by atomic mass is 16.5. The van der Waals surface area contributed by atoms with E-state index in [1.165, 1.54) is 7.11 Å². The zero-order valence-corrected chi connectivity index (χ0v) is 7.30. The van der Waals surface area contributed by atoms with Crippen molar-refractivity contribution >= 4 is 5.97 Å². The standard InChI is InChI=1S/C9H11NO3/c1-13-9(12)6-8(11)7-4-2-3-5-10-7/h2-5,8,11H,6H2,1H3/t8-/m1/s1. The van der Waals surface area contributed by atoms with Gasteiger partial charge in [0.2, 0.25) is 0 Å². The molecular weight excluding hydrogens is 170 g/mol. The lowest BCUT2D eigenvalue weighted by atomic mass is 10.2. The van der Waals surface area contributed by atoms with Gasteiger partial charge in [0.25, 0.3) is 0 Å². The summed E-state index contributed by atoms with van der Waals surface area (Å²) in [6, 6.07) is 5.16. The zero-order valence-electron chi connectivity index (χ0n) is 7.30. The summed E-state index contributed by atoms with van der Waals surface area (Å²) in [4.78, 5) is 14.7. The van der Waals surface area contributed by atoms with Crippen molar-refractivity contribution in [3.8, 4) is 0 Å². The number of aliphatic hydroxyl groups excluding tert-OH is 1. The molecule has 0 amide bonds. The zero-order chi connectivity index (χ0) is 9.68. The van der Waals surface area contributed by atoms with Gasteiger partial charge in [-0.3, -0.25) is 9.78 Å². The second kappa shape index (κ2) is 4.57. The van der Waals surface area contributed by atoms with E-state index in [1.807, 2.05) is 0 Å². The van der Waals surface area contributed by atoms with Crippen LogP contribution in [-0.2, 0) is 9.53 Å². The third-order valence-corrected chi connectivity index (χ3v) is 1.62. The van der Waals surface area contributed by atoms with Gasteiger partial charge in [-0.15, -0.1) is 0 Å². The Bertz CT molecular complexity index is 273. The molecule has 4 heteroatoms. The number of hydrogen-bond acceptors (Lipinski definition) is 4. The molecule has 0 aromatic carbocycles. The Morgan fingerprint density at radius 3 is 3.00 bits per heavy atom. The highest BCUT2D eigenvalue weighted by Crippen LogP contribution is 2.13.